The van der Waals surface area contributed by atoms with Gasteiger partial charge in [0.05, 0.1) is 0 Å². The van der Waals surface area contributed by atoms with E-state index in [1.54, 1.807) is 30.5 Å². The van der Waals surface area contributed by atoms with Crippen molar-refractivity contribution in [3.63, 3.8) is 0 Å². The van der Waals surface area contributed by atoms with E-state index in [9.17, 15) is 4.79 Å². The van der Waals surface area contributed by atoms with Gasteiger partial charge in [-0.05, 0) is 12.7 Å². The van der Waals surface area contributed by atoms with Crippen molar-refractivity contribution in [2.24, 2.45) is 10.1 Å². The van der Waals surface area contributed by atoms with Crippen LogP contribution in [0.2, 0.25) is 0 Å². The zero-order valence-electron chi connectivity index (χ0n) is 10.5. The third-order valence-electron chi connectivity index (χ3n) is 2.23. The molecule has 1 aromatic rings. The van der Waals surface area contributed by atoms with Crippen LogP contribution in [0.15, 0.2) is 40.5 Å². The monoisotopic (exact) mass is 264 g/mol. The van der Waals surface area contributed by atoms with Crippen LogP contribution in [0.4, 0.5) is 0 Å². The average Bonchev–Trinajstić information content (AvgIpc) is 2.43. The van der Waals surface area contributed by atoms with Crippen LogP contribution in [0.3, 0.4) is 0 Å². The number of ketones is 1. The van der Waals surface area contributed by atoms with Crippen LogP contribution < -0.4 is 0 Å². The number of thioether (sulfide) groups is 1. The van der Waals surface area contributed by atoms with E-state index < -0.39 is 0 Å². The molecule has 5 heteroatoms. The van der Waals surface area contributed by atoms with Gasteiger partial charge in [-0.3, -0.25) is 9.79 Å². The Morgan fingerprint density at radius 1 is 1.33 bits per heavy atom. The first-order valence-corrected chi connectivity index (χ1v) is 6.87. The van der Waals surface area contributed by atoms with Crippen molar-refractivity contribution >= 4 is 28.3 Å². The molecule has 0 aliphatic rings. The zero-order valence-corrected chi connectivity index (χ0v) is 11.3. The standard InChI is InChI=1S/C13H16N2O2S/c1-3-9-14-13(18-2)11(15-17)12(16)10-7-5-4-6-8-10/h4-8,17H,3,9H2,1-2H3/b14-13?,15-11+. The van der Waals surface area contributed by atoms with Gasteiger partial charge < -0.3 is 5.21 Å². The van der Waals surface area contributed by atoms with Crippen molar-refractivity contribution in [2.75, 3.05) is 12.8 Å². The Hall–Kier alpha value is -1.62. The summed E-state index contributed by atoms with van der Waals surface area (Å²) >= 11 is 1.30. The molecule has 0 aromatic heterocycles. The van der Waals surface area contributed by atoms with E-state index in [-0.39, 0.29) is 11.5 Å². The van der Waals surface area contributed by atoms with Crippen molar-refractivity contribution in [1.29, 1.82) is 0 Å². The molecule has 0 bridgehead atoms. The van der Waals surface area contributed by atoms with E-state index in [0.717, 1.165) is 6.42 Å². The Morgan fingerprint density at radius 3 is 2.50 bits per heavy atom. The fraction of sp³-hybridized carbons (Fsp3) is 0.308. The molecule has 0 saturated heterocycles. The van der Waals surface area contributed by atoms with E-state index in [1.807, 2.05) is 13.0 Å². The van der Waals surface area contributed by atoms with Crippen LogP contribution in [0.5, 0.6) is 0 Å². The maximum Gasteiger partial charge on any atom is 0.217 e. The molecule has 1 N–H and O–H groups in total. The molecular weight excluding hydrogens is 248 g/mol. The van der Waals surface area contributed by atoms with E-state index in [0.29, 0.717) is 17.2 Å². The number of hydrogen-bond acceptors (Lipinski definition) is 5. The van der Waals surface area contributed by atoms with Crippen LogP contribution in [-0.4, -0.2) is 34.5 Å². The van der Waals surface area contributed by atoms with Gasteiger partial charge in [-0.25, -0.2) is 0 Å². The first-order chi connectivity index (χ1) is 8.74. The third-order valence-corrected chi connectivity index (χ3v) is 2.94. The lowest BCUT2D eigenvalue weighted by atomic mass is 10.1. The van der Waals surface area contributed by atoms with Gasteiger partial charge in [0, 0.05) is 12.1 Å². The Labute approximate surface area is 111 Å². The van der Waals surface area contributed by atoms with E-state index in [1.165, 1.54) is 11.8 Å². The molecular formula is C13H16N2O2S. The molecule has 1 aromatic carbocycles. The van der Waals surface area contributed by atoms with Crippen molar-refractivity contribution in [3.05, 3.63) is 35.9 Å². The van der Waals surface area contributed by atoms with Gasteiger partial charge in [-0.1, -0.05) is 42.4 Å². The van der Waals surface area contributed by atoms with Gasteiger partial charge in [0.2, 0.25) is 5.78 Å². The maximum absolute atomic E-state index is 12.2. The topological polar surface area (TPSA) is 62.0 Å². The smallest absolute Gasteiger partial charge is 0.217 e. The number of hydrogen-bond donors (Lipinski definition) is 1. The van der Waals surface area contributed by atoms with Gasteiger partial charge >= 0.3 is 0 Å². The van der Waals surface area contributed by atoms with Crippen LogP contribution >= 0.6 is 11.8 Å². The number of aliphatic imine (C=N–C) groups is 1. The summed E-state index contributed by atoms with van der Waals surface area (Å²) in [5.74, 6) is -0.317. The first kappa shape index (κ1) is 14.4. The molecule has 0 atom stereocenters. The van der Waals surface area contributed by atoms with Crippen LogP contribution in [0.25, 0.3) is 0 Å². The van der Waals surface area contributed by atoms with Crippen molar-refractivity contribution < 1.29 is 10.0 Å². The molecule has 0 aliphatic carbocycles. The second kappa shape index (κ2) is 7.66. The normalized spacial score (nSPS) is 12.6. The molecule has 4 nitrogen and oxygen atoms in total. The summed E-state index contributed by atoms with van der Waals surface area (Å²) in [6.07, 6.45) is 2.68. The lowest BCUT2D eigenvalue weighted by molar-refractivity contribution is 0.106. The van der Waals surface area contributed by atoms with Gasteiger partial charge in [0.1, 0.15) is 5.04 Å². The molecule has 96 valence electrons. The molecule has 0 fully saturated rings. The minimum Gasteiger partial charge on any atom is -0.410 e. The fourth-order valence-electron chi connectivity index (χ4n) is 1.36. The summed E-state index contributed by atoms with van der Waals surface area (Å²) < 4.78 is 0. The molecule has 0 radical (unpaired) electrons. The molecule has 0 heterocycles. The van der Waals surface area contributed by atoms with E-state index in [2.05, 4.69) is 10.1 Å². The number of benzene rings is 1. The summed E-state index contributed by atoms with van der Waals surface area (Å²) in [5, 5.41) is 12.6. The summed E-state index contributed by atoms with van der Waals surface area (Å²) in [7, 11) is 0. The fourth-order valence-corrected chi connectivity index (χ4v) is 1.91. The number of Topliss-reactive ketones (excluding diaryl/α,β-unsaturated/α-hetero) is 1. The van der Waals surface area contributed by atoms with Crippen molar-refractivity contribution in [3.8, 4) is 0 Å². The van der Waals surface area contributed by atoms with Crippen molar-refractivity contribution in [1.82, 2.24) is 0 Å². The lowest BCUT2D eigenvalue weighted by Crippen LogP contribution is -2.22. The number of rotatable bonds is 5. The number of oxime groups is 1. The Bertz CT molecular complexity index is 455. The number of nitrogens with zero attached hydrogens (tertiary/aromatic N) is 2. The third kappa shape index (κ3) is 3.70. The zero-order chi connectivity index (χ0) is 13.4. The van der Waals surface area contributed by atoms with Crippen LogP contribution in [-0.2, 0) is 0 Å². The molecule has 0 amide bonds. The Morgan fingerprint density at radius 2 is 2.00 bits per heavy atom. The minimum absolute atomic E-state index is 0.00199. The highest BCUT2D eigenvalue weighted by molar-refractivity contribution is 8.15. The van der Waals surface area contributed by atoms with Crippen molar-refractivity contribution in [2.45, 2.75) is 13.3 Å². The van der Waals surface area contributed by atoms with E-state index in [4.69, 9.17) is 5.21 Å². The van der Waals surface area contributed by atoms with Gasteiger partial charge in [0.25, 0.3) is 0 Å². The van der Waals surface area contributed by atoms with Crippen LogP contribution in [0, 0.1) is 0 Å². The minimum atomic E-state index is -0.317. The highest BCUT2D eigenvalue weighted by Crippen LogP contribution is 2.08. The Balaban J connectivity index is 3.00. The highest BCUT2D eigenvalue weighted by Gasteiger charge is 2.19. The van der Waals surface area contributed by atoms with Gasteiger partial charge in [-0.15, -0.1) is 11.8 Å². The predicted octanol–water partition coefficient (Wildman–Crippen LogP) is 2.87. The molecule has 1 rings (SSSR count). The lowest BCUT2D eigenvalue weighted by Gasteiger charge is -2.05. The van der Waals surface area contributed by atoms with Crippen LogP contribution in [0.1, 0.15) is 23.7 Å². The molecule has 0 unspecified atom stereocenters. The quantitative estimate of drug-likeness (QED) is 0.292. The summed E-state index contributed by atoms with van der Waals surface area (Å²) in [6, 6.07) is 8.73. The highest BCUT2D eigenvalue weighted by atomic mass is 32.2. The van der Waals surface area contributed by atoms with E-state index >= 15 is 0 Å². The SMILES string of the molecule is CCCN=C(SC)/C(=N/O)C(=O)c1ccccc1. The Kier molecular flexibility index (Phi) is 6.14. The maximum atomic E-state index is 12.2. The summed E-state index contributed by atoms with van der Waals surface area (Å²) in [6.45, 7) is 2.60. The first-order valence-electron chi connectivity index (χ1n) is 5.65. The molecule has 0 spiro atoms. The molecule has 18 heavy (non-hydrogen) atoms. The number of carbonyl (C=O) groups is 1. The second-order valence-electron chi connectivity index (χ2n) is 3.53. The molecule has 0 saturated carbocycles. The largest absolute Gasteiger partial charge is 0.410 e. The predicted molar refractivity (Wildman–Crippen MR) is 76.1 cm³/mol. The average molecular weight is 264 g/mol. The molecule has 0 aliphatic heterocycles. The number of carbonyl (C=O) groups excluding carboxylic acids is 1. The summed E-state index contributed by atoms with van der Waals surface area (Å²) in [5.41, 5.74) is 0.491. The van der Waals surface area contributed by atoms with Gasteiger partial charge in [0.15, 0.2) is 5.71 Å². The summed E-state index contributed by atoms with van der Waals surface area (Å²) in [4.78, 5) is 16.4. The van der Waals surface area contributed by atoms with Gasteiger partial charge in [-0.2, -0.15) is 0 Å². The second-order valence-corrected chi connectivity index (χ2v) is 4.33.